The van der Waals surface area contributed by atoms with Gasteiger partial charge in [0.2, 0.25) is 0 Å². The molecule has 1 aliphatic rings. The van der Waals surface area contributed by atoms with Crippen molar-refractivity contribution in [3.05, 3.63) is 29.3 Å². The van der Waals surface area contributed by atoms with Gasteiger partial charge in [-0.15, -0.1) is 0 Å². The van der Waals surface area contributed by atoms with Crippen LogP contribution in [-0.2, 0) is 6.42 Å². The molecule has 86 valence electrons. The summed E-state index contributed by atoms with van der Waals surface area (Å²) in [4.78, 5) is 11.5. The third kappa shape index (κ3) is 2.26. The highest BCUT2D eigenvalue weighted by Crippen LogP contribution is 2.30. The number of hydrogen-bond acceptors (Lipinski definition) is 2. The van der Waals surface area contributed by atoms with E-state index in [0.717, 1.165) is 36.3 Å². The Bertz CT molecular complexity index is 382. The first-order valence-electron chi connectivity index (χ1n) is 6.11. The normalized spacial score (nSPS) is 13.9. The minimum atomic E-state index is 0.258. The summed E-state index contributed by atoms with van der Waals surface area (Å²) < 4.78 is 5.75. The van der Waals surface area contributed by atoms with Crippen LogP contribution in [-0.4, -0.2) is 12.4 Å². The second-order valence-corrected chi connectivity index (χ2v) is 4.26. The molecule has 0 aromatic heterocycles. The molecule has 0 saturated carbocycles. The Morgan fingerprint density at radius 1 is 1.25 bits per heavy atom. The molecule has 0 aliphatic heterocycles. The van der Waals surface area contributed by atoms with Crippen molar-refractivity contribution in [2.24, 2.45) is 0 Å². The monoisotopic (exact) mass is 218 g/mol. The summed E-state index contributed by atoms with van der Waals surface area (Å²) in [5.41, 5.74) is 1.98. The molecule has 1 aliphatic carbocycles. The zero-order chi connectivity index (χ0) is 11.4. The van der Waals surface area contributed by atoms with Crippen molar-refractivity contribution < 1.29 is 9.53 Å². The van der Waals surface area contributed by atoms with E-state index in [1.54, 1.807) is 0 Å². The molecule has 0 N–H and O–H groups in total. The molecular formula is C14H18O2. The van der Waals surface area contributed by atoms with Crippen LogP contribution in [0, 0.1) is 0 Å². The lowest BCUT2D eigenvalue weighted by Crippen LogP contribution is -2.00. The number of fused-ring (bicyclic) bond motifs is 1. The molecule has 16 heavy (non-hydrogen) atoms. The van der Waals surface area contributed by atoms with Gasteiger partial charge >= 0.3 is 0 Å². The first-order chi connectivity index (χ1) is 7.83. The van der Waals surface area contributed by atoms with Gasteiger partial charge < -0.3 is 4.74 Å². The van der Waals surface area contributed by atoms with E-state index in [4.69, 9.17) is 4.74 Å². The molecule has 1 aromatic rings. The van der Waals surface area contributed by atoms with Gasteiger partial charge in [-0.2, -0.15) is 0 Å². The van der Waals surface area contributed by atoms with Crippen LogP contribution in [0.25, 0.3) is 0 Å². The molecule has 0 radical (unpaired) electrons. The molecule has 2 nitrogen and oxygen atoms in total. The molecule has 2 heteroatoms. The van der Waals surface area contributed by atoms with Gasteiger partial charge in [-0.05, 0) is 18.9 Å². The van der Waals surface area contributed by atoms with Crippen LogP contribution < -0.4 is 4.74 Å². The fourth-order valence-electron chi connectivity index (χ4n) is 2.13. The minimum absolute atomic E-state index is 0.258. The maximum absolute atomic E-state index is 11.5. The topological polar surface area (TPSA) is 26.3 Å². The molecule has 0 amide bonds. The van der Waals surface area contributed by atoms with Crippen LogP contribution in [0.1, 0.15) is 48.5 Å². The number of ether oxygens (including phenoxy) is 1. The van der Waals surface area contributed by atoms with Crippen LogP contribution in [0.5, 0.6) is 5.75 Å². The minimum Gasteiger partial charge on any atom is -0.493 e. The van der Waals surface area contributed by atoms with E-state index in [2.05, 4.69) is 6.92 Å². The Morgan fingerprint density at radius 2 is 2.12 bits per heavy atom. The summed E-state index contributed by atoms with van der Waals surface area (Å²) in [5.74, 6) is 1.17. The summed E-state index contributed by atoms with van der Waals surface area (Å²) in [6, 6.07) is 5.80. The molecule has 0 heterocycles. The van der Waals surface area contributed by atoms with Gasteiger partial charge in [0.05, 0.1) is 6.61 Å². The summed E-state index contributed by atoms with van der Waals surface area (Å²) in [6.07, 6.45) is 4.99. The highest BCUT2D eigenvalue weighted by molar-refractivity contribution is 6.01. The fraction of sp³-hybridized carbons (Fsp3) is 0.500. The first kappa shape index (κ1) is 11.2. The Balaban J connectivity index is 2.02. The van der Waals surface area contributed by atoms with Crippen LogP contribution in [0.4, 0.5) is 0 Å². The number of carbonyl (C=O) groups is 1. The van der Waals surface area contributed by atoms with Gasteiger partial charge in [0.25, 0.3) is 0 Å². The van der Waals surface area contributed by atoms with E-state index < -0.39 is 0 Å². The quantitative estimate of drug-likeness (QED) is 0.708. The Kier molecular flexibility index (Phi) is 3.60. The maximum Gasteiger partial charge on any atom is 0.163 e. The average Bonchev–Trinajstić information content (AvgIpc) is 2.68. The average molecular weight is 218 g/mol. The molecule has 0 spiro atoms. The summed E-state index contributed by atoms with van der Waals surface area (Å²) in [6.45, 7) is 2.94. The SMILES string of the molecule is CCCCCOc1cccc2c1CCC2=O. The van der Waals surface area contributed by atoms with Crippen molar-refractivity contribution in [3.8, 4) is 5.75 Å². The van der Waals surface area contributed by atoms with Crippen molar-refractivity contribution in [1.82, 2.24) is 0 Å². The van der Waals surface area contributed by atoms with Crippen molar-refractivity contribution in [1.29, 1.82) is 0 Å². The number of hydrogen-bond donors (Lipinski definition) is 0. The van der Waals surface area contributed by atoms with E-state index in [9.17, 15) is 4.79 Å². The lowest BCUT2D eigenvalue weighted by atomic mass is 10.1. The third-order valence-electron chi connectivity index (χ3n) is 3.04. The smallest absolute Gasteiger partial charge is 0.163 e. The lowest BCUT2D eigenvalue weighted by molar-refractivity contribution is 0.0994. The van der Waals surface area contributed by atoms with Crippen molar-refractivity contribution in [3.63, 3.8) is 0 Å². The van der Waals surface area contributed by atoms with E-state index in [-0.39, 0.29) is 5.78 Å². The van der Waals surface area contributed by atoms with Crippen molar-refractivity contribution in [2.75, 3.05) is 6.61 Å². The summed E-state index contributed by atoms with van der Waals surface area (Å²) >= 11 is 0. The number of Topliss-reactive ketones (excluding diaryl/α,β-unsaturated/α-hetero) is 1. The van der Waals surface area contributed by atoms with Crippen molar-refractivity contribution in [2.45, 2.75) is 39.0 Å². The number of ketones is 1. The highest BCUT2D eigenvalue weighted by Gasteiger charge is 2.22. The van der Waals surface area contributed by atoms with Gasteiger partial charge in [0.15, 0.2) is 5.78 Å². The number of rotatable bonds is 5. The van der Waals surface area contributed by atoms with Crippen LogP contribution >= 0.6 is 0 Å². The summed E-state index contributed by atoms with van der Waals surface area (Å²) in [5, 5.41) is 0. The number of benzene rings is 1. The zero-order valence-electron chi connectivity index (χ0n) is 9.79. The van der Waals surface area contributed by atoms with Crippen LogP contribution in [0.3, 0.4) is 0 Å². The molecule has 0 unspecified atom stereocenters. The second-order valence-electron chi connectivity index (χ2n) is 4.26. The number of unbranched alkanes of at least 4 members (excludes halogenated alkanes) is 2. The van der Waals surface area contributed by atoms with Gasteiger partial charge in [-0.1, -0.05) is 31.9 Å². The molecule has 1 aromatic carbocycles. The van der Waals surface area contributed by atoms with Crippen LogP contribution in [0.2, 0.25) is 0 Å². The van der Waals surface area contributed by atoms with E-state index >= 15 is 0 Å². The zero-order valence-corrected chi connectivity index (χ0v) is 9.79. The predicted molar refractivity (Wildman–Crippen MR) is 64.1 cm³/mol. The Labute approximate surface area is 96.6 Å². The second kappa shape index (κ2) is 5.15. The maximum atomic E-state index is 11.5. The molecule has 2 rings (SSSR count). The highest BCUT2D eigenvalue weighted by atomic mass is 16.5. The molecular weight excluding hydrogens is 200 g/mol. The first-order valence-corrected chi connectivity index (χ1v) is 6.11. The van der Waals surface area contributed by atoms with Crippen LogP contribution in [0.15, 0.2) is 18.2 Å². The van der Waals surface area contributed by atoms with Gasteiger partial charge in [-0.3, -0.25) is 4.79 Å². The lowest BCUT2D eigenvalue weighted by Gasteiger charge is -2.09. The number of carbonyl (C=O) groups excluding carboxylic acids is 1. The van der Waals surface area contributed by atoms with E-state index in [0.29, 0.717) is 6.42 Å². The van der Waals surface area contributed by atoms with Crippen molar-refractivity contribution >= 4 is 5.78 Å². The predicted octanol–water partition coefficient (Wildman–Crippen LogP) is 3.38. The molecule has 0 atom stereocenters. The molecule has 0 fully saturated rings. The van der Waals surface area contributed by atoms with Gasteiger partial charge in [0, 0.05) is 17.5 Å². The molecule has 0 bridgehead atoms. The fourth-order valence-corrected chi connectivity index (χ4v) is 2.13. The summed E-state index contributed by atoms with van der Waals surface area (Å²) in [7, 11) is 0. The van der Waals surface area contributed by atoms with Gasteiger partial charge in [-0.25, -0.2) is 0 Å². The van der Waals surface area contributed by atoms with Gasteiger partial charge in [0.1, 0.15) is 5.75 Å². The van der Waals surface area contributed by atoms with E-state index in [1.807, 2.05) is 18.2 Å². The third-order valence-corrected chi connectivity index (χ3v) is 3.04. The Hall–Kier alpha value is -1.31. The Morgan fingerprint density at radius 3 is 2.94 bits per heavy atom. The largest absolute Gasteiger partial charge is 0.493 e. The van der Waals surface area contributed by atoms with E-state index in [1.165, 1.54) is 12.8 Å². The standard InChI is InChI=1S/C14H18O2/c1-2-3-4-10-16-14-7-5-6-11-12(14)8-9-13(11)15/h5-7H,2-4,8-10H2,1H3. The molecule has 0 saturated heterocycles.